The molecule has 9 heteroatoms. The van der Waals surface area contributed by atoms with Gasteiger partial charge >= 0.3 is 0 Å². The number of nitro benzene ring substituents is 1. The molecule has 0 unspecified atom stereocenters. The molecule has 1 aliphatic rings. The summed E-state index contributed by atoms with van der Waals surface area (Å²) in [7, 11) is -3.76. The van der Waals surface area contributed by atoms with Gasteiger partial charge in [-0.25, -0.2) is 8.42 Å². The van der Waals surface area contributed by atoms with Gasteiger partial charge in [0.05, 0.1) is 9.82 Å². The van der Waals surface area contributed by atoms with Crippen LogP contribution in [0.25, 0.3) is 0 Å². The van der Waals surface area contributed by atoms with Crippen molar-refractivity contribution in [1.82, 2.24) is 9.21 Å². The van der Waals surface area contributed by atoms with E-state index in [0.29, 0.717) is 11.5 Å². The van der Waals surface area contributed by atoms with E-state index in [-0.39, 0.29) is 42.7 Å². The molecule has 2 aromatic carbocycles. The lowest BCUT2D eigenvalue weighted by Gasteiger charge is -2.34. The van der Waals surface area contributed by atoms with Gasteiger partial charge in [0.2, 0.25) is 10.0 Å². The van der Waals surface area contributed by atoms with E-state index in [4.69, 9.17) is 0 Å². The maximum Gasteiger partial charge on any atom is 0.269 e. The van der Waals surface area contributed by atoms with Crippen molar-refractivity contribution < 1.29 is 18.1 Å². The fourth-order valence-electron chi connectivity index (χ4n) is 3.21. The molecule has 0 N–H and O–H groups in total. The molecule has 29 heavy (non-hydrogen) atoms. The SMILES string of the molecule is CC(C)c1ccc(C(=O)N2CCN(S(=O)(=O)c3ccc([N+](=O)[O-])cc3)CC2)cc1. The molecule has 1 saturated heterocycles. The van der Waals surface area contributed by atoms with Crippen LogP contribution in [0.3, 0.4) is 0 Å². The number of hydrogen-bond acceptors (Lipinski definition) is 5. The Bertz CT molecular complexity index is 993. The molecule has 1 heterocycles. The number of carbonyl (C=O) groups is 1. The molecule has 1 amide bonds. The number of benzene rings is 2. The molecule has 8 nitrogen and oxygen atoms in total. The zero-order chi connectivity index (χ0) is 21.2. The van der Waals surface area contributed by atoms with E-state index in [2.05, 4.69) is 13.8 Å². The molecule has 0 bridgehead atoms. The van der Waals surface area contributed by atoms with Gasteiger partial charge in [-0.1, -0.05) is 26.0 Å². The molecule has 1 aliphatic heterocycles. The van der Waals surface area contributed by atoms with Crippen LogP contribution >= 0.6 is 0 Å². The van der Waals surface area contributed by atoms with E-state index in [9.17, 15) is 23.3 Å². The number of nitrogens with zero attached hydrogens (tertiary/aromatic N) is 3. The fourth-order valence-corrected chi connectivity index (χ4v) is 4.64. The quantitative estimate of drug-likeness (QED) is 0.550. The first-order valence-electron chi connectivity index (χ1n) is 9.34. The maximum atomic E-state index is 12.8. The van der Waals surface area contributed by atoms with Crippen molar-refractivity contribution in [1.29, 1.82) is 0 Å². The van der Waals surface area contributed by atoms with Gasteiger partial charge in [0.15, 0.2) is 0 Å². The summed E-state index contributed by atoms with van der Waals surface area (Å²) in [4.78, 5) is 24.5. The summed E-state index contributed by atoms with van der Waals surface area (Å²) in [5, 5.41) is 10.7. The number of piperazine rings is 1. The first-order chi connectivity index (χ1) is 13.7. The van der Waals surface area contributed by atoms with Gasteiger partial charge in [-0.2, -0.15) is 4.31 Å². The number of carbonyl (C=O) groups excluding carboxylic acids is 1. The molecule has 1 fully saturated rings. The van der Waals surface area contributed by atoms with Crippen LogP contribution in [-0.2, 0) is 10.0 Å². The van der Waals surface area contributed by atoms with Crippen LogP contribution in [-0.4, -0.2) is 54.6 Å². The van der Waals surface area contributed by atoms with E-state index in [1.54, 1.807) is 17.0 Å². The van der Waals surface area contributed by atoms with Gasteiger partial charge in [-0.15, -0.1) is 0 Å². The standard InChI is InChI=1S/C20H23N3O5S/c1-15(2)16-3-5-17(6-4-16)20(24)21-11-13-22(14-12-21)29(27,28)19-9-7-18(8-10-19)23(25)26/h3-10,15H,11-14H2,1-2H3. The predicted octanol–water partition coefficient (Wildman–Crippen LogP) is 2.86. The number of non-ortho nitro benzene ring substituents is 1. The minimum atomic E-state index is -3.76. The van der Waals surface area contributed by atoms with Gasteiger partial charge in [0.1, 0.15) is 0 Å². The summed E-state index contributed by atoms with van der Waals surface area (Å²) in [5.41, 5.74) is 1.57. The molecule has 0 aromatic heterocycles. The molecule has 0 aliphatic carbocycles. The highest BCUT2D eigenvalue weighted by molar-refractivity contribution is 7.89. The monoisotopic (exact) mass is 417 g/mol. The molecule has 2 aromatic rings. The van der Waals surface area contributed by atoms with E-state index in [1.807, 2.05) is 12.1 Å². The van der Waals surface area contributed by atoms with Crippen LogP contribution in [0.5, 0.6) is 0 Å². The molecule has 3 rings (SSSR count). The van der Waals surface area contributed by atoms with Crippen LogP contribution in [0, 0.1) is 10.1 Å². The topological polar surface area (TPSA) is 101 Å². The highest BCUT2D eigenvalue weighted by Gasteiger charge is 2.30. The summed E-state index contributed by atoms with van der Waals surface area (Å²) >= 11 is 0. The largest absolute Gasteiger partial charge is 0.336 e. The zero-order valence-electron chi connectivity index (χ0n) is 16.3. The summed E-state index contributed by atoms with van der Waals surface area (Å²) in [6.07, 6.45) is 0. The Morgan fingerprint density at radius 2 is 1.52 bits per heavy atom. The predicted molar refractivity (Wildman–Crippen MR) is 108 cm³/mol. The van der Waals surface area contributed by atoms with E-state index in [1.165, 1.54) is 28.6 Å². The molecular weight excluding hydrogens is 394 g/mol. The summed E-state index contributed by atoms with van der Waals surface area (Å²) in [5.74, 6) is 0.264. The second-order valence-electron chi connectivity index (χ2n) is 7.22. The second-order valence-corrected chi connectivity index (χ2v) is 9.16. The van der Waals surface area contributed by atoms with Gasteiger partial charge in [0.25, 0.3) is 11.6 Å². The Hall–Kier alpha value is -2.78. The number of nitro groups is 1. The van der Waals surface area contributed by atoms with Gasteiger partial charge in [0, 0.05) is 43.9 Å². The van der Waals surface area contributed by atoms with Crippen molar-refractivity contribution >= 4 is 21.6 Å². The Morgan fingerprint density at radius 1 is 0.966 bits per heavy atom. The molecular formula is C20H23N3O5S. The number of sulfonamides is 1. The van der Waals surface area contributed by atoms with Gasteiger partial charge in [-0.05, 0) is 35.7 Å². The average molecular weight is 417 g/mol. The average Bonchev–Trinajstić information content (AvgIpc) is 2.73. The summed E-state index contributed by atoms with van der Waals surface area (Å²) in [6, 6.07) is 12.3. The minimum Gasteiger partial charge on any atom is -0.336 e. The normalized spacial score (nSPS) is 15.5. The van der Waals surface area contributed by atoms with E-state index < -0.39 is 14.9 Å². The molecule has 0 spiro atoms. The van der Waals surface area contributed by atoms with E-state index in [0.717, 1.165) is 5.56 Å². The third-order valence-electron chi connectivity index (χ3n) is 5.04. The van der Waals surface area contributed by atoms with Crippen molar-refractivity contribution in [3.63, 3.8) is 0 Å². The summed E-state index contributed by atoms with van der Waals surface area (Å²) < 4.78 is 26.8. The molecule has 0 atom stereocenters. The lowest BCUT2D eigenvalue weighted by atomic mass is 10.0. The molecule has 0 saturated carbocycles. The van der Waals surface area contributed by atoms with Crippen LogP contribution < -0.4 is 0 Å². The van der Waals surface area contributed by atoms with Crippen molar-refractivity contribution in [3.8, 4) is 0 Å². The number of rotatable bonds is 5. The first kappa shape index (κ1) is 20.9. The van der Waals surface area contributed by atoms with Crippen LogP contribution in [0.4, 0.5) is 5.69 Å². The zero-order valence-corrected chi connectivity index (χ0v) is 17.1. The Balaban J connectivity index is 1.66. The van der Waals surface area contributed by atoms with Gasteiger partial charge < -0.3 is 4.90 Å². The Morgan fingerprint density at radius 3 is 2.00 bits per heavy atom. The van der Waals surface area contributed by atoms with Crippen molar-refractivity contribution in [2.24, 2.45) is 0 Å². The maximum absolute atomic E-state index is 12.8. The Kier molecular flexibility index (Phi) is 5.99. The van der Waals surface area contributed by atoms with E-state index >= 15 is 0 Å². The molecule has 154 valence electrons. The number of amides is 1. The fraction of sp³-hybridized carbons (Fsp3) is 0.350. The third kappa shape index (κ3) is 4.46. The van der Waals surface area contributed by atoms with Crippen LogP contribution in [0.1, 0.15) is 35.7 Å². The number of hydrogen-bond donors (Lipinski definition) is 0. The third-order valence-corrected chi connectivity index (χ3v) is 6.95. The lowest BCUT2D eigenvalue weighted by Crippen LogP contribution is -2.50. The first-order valence-corrected chi connectivity index (χ1v) is 10.8. The minimum absolute atomic E-state index is 0.00662. The van der Waals surface area contributed by atoms with Crippen molar-refractivity contribution in [2.45, 2.75) is 24.7 Å². The van der Waals surface area contributed by atoms with Crippen molar-refractivity contribution in [3.05, 3.63) is 69.8 Å². The van der Waals surface area contributed by atoms with Crippen molar-refractivity contribution in [2.75, 3.05) is 26.2 Å². The highest BCUT2D eigenvalue weighted by atomic mass is 32.2. The van der Waals surface area contributed by atoms with Gasteiger partial charge in [-0.3, -0.25) is 14.9 Å². The summed E-state index contributed by atoms with van der Waals surface area (Å²) in [6.45, 7) is 5.10. The van der Waals surface area contributed by atoms with Crippen LogP contribution in [0.15, 0.2) is 53.4 Å². The second kappa shape index (κ2) is 8.30. The lowest BCUT2D eigenvalue weighted by molar-refractivity contribution is -0.384. The Labute approximate surface area is 169 Å². The smallest absolute Gasteiger partial charge is 0.269 e. The highest BCUT2D eigenvalue weighted by Crippen LogP contribution is 2.22. The molecule has 0 radical (unpaired) electrons. The van der Waals surface area contributed by atoms with Crippen LogP contribution in [0.2, 0.25) is 0 Å².